The third-order valence-electron chi connectivity index (χ3n) is 3.97. The number of halogens is 1. The minimum absolute atomic E-state index is 0.0517. The summed E-state index contributed by atoms with van der Waals surface area (Å²) >= 11 is 3.36. The number of rotatable bonds is 5. The minimum Gasteiger partial charge on any atom is -0.482 e. The second-order valence-corrected chi connectivity index (χ2v) is 6.88. The topological polar surface area (TPSA) is 52.1 Å². The van der Waals surface area contributed by atoms with Crippen LogP contribution in [0.1, 0.15) is 26.7 Å². The van der Waals surface area contributed by atoms with Gasteiger partial charge in [-0.25, -0.2) is 4.79 Å². The lowest BCUT2D eigenvalue weighted by atomic mass is 9.83. The van der Waals surface area contributed by atoms with Crippen molar-refractivity contribution in [2.75, 3.05) is 19.7 Å². The van der Waals surface area contributed by atoms with Gasteiger partial charge >= 0.3 is 5.97 Å². The van der Waals surface area contributed by atoms with Crippen molar-refractivity contribution in [3.63, 3.8) is 0 Å². The maximum atomic E-state index is 12.0. The van der Waals surface area contributed by atoms with Crippen molar-refractivity contribution in [2.24, 2.45) is 5.92 Å². The van der Waals surface area contributed by atoms with Gasteiger partial charge in [0, 0.05) is 23.2 Å². The Balaban J connectivity index is 1.81. The summed E-state index contributed by atoms with van der Waals surface area (Å²) < 4.78 is 12.1. The van der Waals surface area contributed by atoms with Crippen molar-refractivity contribution in [2.45, 2.75) is 32.3 Å². The van der Waals surface area contributed by atoms with E-state index in [0.29, 0.717) is 11.7 Å². The SMILES string of the molecule is CC(C)(OC(=O)COc1ccc(Br)cc1)C1CC[NH2+]CC1. The molecule has 0 spiro atoms. The molecule has 0 aromatic heterocycles. The van der Waals surface area contributed by atoms with Gasteiger partial charge in [0.2, 0.25) is 0 Å². The first-order chi connectivity index (χ1) is 9.97. The molecule has 1 fully saturated rings. The molecular weight excluding hydrogens is 334 g/mol. The highest BCUT2D eigenvalue weighted by Crippen LogP contribution is 2.28. The van der Waals surface area contributed by atoms with Gasteiger partial charge in [0.15, 0.2) is 6.61 Å². The Morgan fingerprint density at radius 1 is 1.29 bits per heavy atom. The number of carbonyl (C=O) groups is 1. The van der Waals surface area contributed by atoms with Crippen LogP contribution in [0.5, 0.6) is 5.75 Å². The van der Waals surface area contributed by atoms with Crippen LogP contribution in [0.15, 0.2) is 28.7 Å². The second-order valence-electron chi connectivity index (χ2n) is 5.96. The van der Waals surface area contributed by atoms with Gasteiger partial charge < -0.3 is 14.8 Å². The molecule has 5 heteroatoms. The maximum Gasteiger partial charge on any atom is 0.344 e. The molecule has 4 nitrogen and oxygen atoms in total. The van der Waals surface area contributed by atoms with Crippen molar-refractivity contribution in [1.29, 1.82) is 0 Å². The smallest absolute Gasteiger partial charge is 0.344 e. The molecule has 1 aromatic carbocycles. The predicted octanol–water partition coefficient (Wildman–Crippen LogP) is 2.12. The number of piperidine rings is 1. The Kier molecular flexibility index (Phi) is 5.65. The number of ether oxygens (including phenoxy) is 2. The summed E-state index contributed by atoms with van der Waals surface area (Å²) in [5, 5.41) is 2.31. The van der Waals surface area contributed by atoms with E-state index in [0.717, 1.165) is 30.4 Å². The molecule has 1 saturated heterocycles. The summed E-state index contributed by atoms with van der Waals surface area (Å²) in [5.74, 6) is 0.789. The molecule has 1 heterocycles. The van der Waals surface area contributed by atoms with Gasteiger partial charge in [-0.2, -0.15) is 0 Å². The number of hydrogen-bond donors (Lipinski definition) is 1. The van der Waals surface area contributed by atoms with Crippen LogP contribution in [0.4, 0.5) is 0 Å². The molecule has 116 valence electrons. The number of quaternary nitrogens is 1. The Morgan fingerprint density at radius 2 is 1.90 bits per heavy atom. The largest absolute Gasteiger partial charge is 0.482 e. The van der Waals surface area contributed by atoms with Gasteiger partial charge in [-0.05, 0) is 38.1 Å². The Morgan fingerprint density at radius 3 is 2.52 bits per heavy atom. The van der Waals surface area contributed by atoms with Crippen molar-refractivity contribution in [3.05, 3.63) is 28.7 Å². The molecule has 0 saturated carbocycles. The number of carbonyl (C=O) groups excluding carboxylic acids is 1. The highest BCUT2D eigenvalue weighted by atomic mass is 79.9. The van der Waals surface area contributed by atoms with Crippen molar-refractivity contribution in [3.8, 4) is 5.75 Å². The first-order valence-electron chi connectivity index (χ1n) is 7.39. The van der Waals surface area contributed by atoms with E-state index in [9.17, 15) is 4.79 Å². The van der Waals surface area contributed by atoms with Crippen LogP contribution in [0.2, 0.25) is 0 Å². The number of esters is 1. The normalized spacial score (nSPS) is 16.5. The molecule has 1 aliphatic heterocycles. The lowest BCUT2D eigenvalue weighted by Crippen LogP contribution is -2.86. The monoisotopic (exact) mass is 356 g/mol. The highest BCUT2D eigenvalue weighted by molar-refractivity contribution is 9.10. The van der Waals surface area contributed by atoms with E-state index >= 15 is 0 Å². The lowest BCUT2D eigenvalue weighted by Gasteiger charge is -2.35. The average Bonchev–Trinajstić information content (AvgIpc) is 2.47. The molecule has 0 unspecified atom stereocenters. The Hall–Kier alpha value is -1.07. The van der Waals surface area contributed by atoms with E-state index in [4.69, 9.17) is 9.47 Å². The first-order valence-corrected chi connectivity index (χ1v) is 8.18. The average molecular weight is 357 g/mol. The third-order valence-corrected chi connectivity index (χ3v) is 4.50. The van der Waals surface area contributed by atoms with Crippen LogP contribution in [0, 0.1) is 5.92 Å². The fourth-order valence-electron chi connectivity index (χ4n) is 2.70. The zero-order chi connectivity index (χ0) is 15.3. The zero-order valence-corrected chi connectivity index (χ0v) is 14.2. The van der Waals surface area contributed by atoms with Crippen LogP contribution in [0.25, 0.3) is 0 Å². The van der Waals surface area contributed by atoms with Crippen LogP contribution in [-0.4, -0.2) is 31.3 Å². The van der Waals surface area contributed by atoms with Gasteiger partial charge in [-0.1, -0.05) is 15.9 Å². The van der Waals surface area contributed by atoms with Gasteiger partial charge in [0.05, 0.1) is 13.1 Å². The quantitative estimate of drug-likeness (QED) is 0.822. The summed E-state index contributed by atoms with van der Waals surface area (Å²) in [6.07, 6.45) is 2.18. The van der Waals surface area contributed by atoms with Crippen molar-refractivity contribution in [1.82, 2.24) is 0 Å². The molecule has 2 N–H and O–H groups in total. The Labute approximate surface area is 134 Å². The van der Waals surface area contributed by atoms with Crippen molar-refractivity contribution < 1.29 is 19.6 Å². The molecule has 1 aliphatic rings. The maximum absolute atomic E-state index is 12.0. The molecule has 1 aromatic rings. The van der Waals surface area contributed by atoms with Gasteiger partial charge in [0.1, 0.15) is 11.4 Å². The molecular formula is C16H23BrNO3+. The van der Waals surface area contributed by atoms with Crippen LogP contribution in [-0.2, 0) is 9.53 Å². The van der Waals surface area contributed by atoms with Gasteiger partial charge in [0.25, 0.3) is 0 Å². The third kappa shape index (κ3) is 5.00. The number of benzene rings is 1. The van der Waals surface area contributed by atoms with Gasteiger partial charge in [-0.15, -0.1) is 0 Å². The van der Waals surface area contributed by atoms with E-state index < -0.39 is 5.60 Å². The zero-order valence-electron chi connectivity index (χ0n) is 12.6. The van der Waals surface area contributed by atoms with Crippen LogP contribution < -0.4 is 10.1 Å². The summed E-state index contributed by atoms with van der Waals surface area (Å²) in [6, 6.07) is 7.39. The van der Waals surface area contributed by atoms with E-state index in [1.54, 1.807) is 0 Å². The molecule has 0 aliphatic carbocycles. The fraction of sp³-hybridized carbons (Fsp3) is 0.562. The highest BCUT2D eigenvalue weighted by Gasteiger charge is 2.35. The summed E-state index contributed by atoms with van der Waals surface area (Å²) in [4.78, 5) is 12.0. The summed E-state index contributed by atoms with van der Waals surface area (Å²) in [6.45, 7) is 6.17. The number of hydrogen-bond acceptors (Lipinski definition) is 3. The summed E-state index contributed by atoms with van der Waals surface area (Å²) in [5.41, 5.74) is -0.422. The van der Waals surface area contributed by atoms with E-state index in [1.807, 2.05) is 38.1 Å². The van der Waals surface area contributed by atoms with Gasteiger partial charge in [-0.3, -0.25) is 0 Å². The van der Waals surface area contributed by atoms with Crippen LogP contribution in [0.3, 0.4) is 0 Å². The lowest BCUT2D eigenvalue weighted by molar-refractivity contribution is -0.665. The molecule has 0 amide bonds. The fourth-order valence-corrected chi connectivity index (χ4v) is 2.97. The number of nitrogens with two attached hydrogens (primary N) is 1. The second kappa shape index (κ2) is 7.27. The molecule has 0 atom stereocenters. The molecule has 2 rings (SSSR count). The molecule has 0 bridgehead atoms. The van der Waals surface area contributed by atoms with E-state index in [1.165, 1.54) is 0 Å². The van der Waals surface area contributed by atoms with Crippen molar-refractivity contribution >= 4 is 21.9 Å². The molecule has 0 radical (unpaired) electrons. The minimum atomic E-state index is -0.422. The summed E-state index contributed by atoms with van der Waals surface area (Å²) in [7, 11) is 0. The van der Waals surface area contributed by atoms with E-state index in [2.05, 4.69) is 21.2 Å². The first kappa shape index (κ1) is 16.3. The van der Waals surface area contributed by atoms with E-state index in [-0.39, 0.29) is 12.6 Å². The standard InChI is InChI=1S/C16H22BrNO3/c1-16(2,12-7-9-18-10-8-12)21-15(19)11-20-14-5-3-13(17)4-6-14/h3-6,12,18H,7-11H2,1-2H3/p+1. The Bertz CT molecular complexity index is 467. The predicted molar refractivity (Wildman–Crippen MR) is 84.2 cm³/mol. The molecule has 21 heavy (non-hydrogen) atoms. The van der Waals surface area contributed by atoms with Crippen LogP contribution >= 0.6 is 15.9 Å².